The molecule has 1 aliphatic rings. The molecule has 4 heteroatoms. The quantitative estimate of drug-likeness (QED) is 0.814. The van der Waals surface area contributed by atoms with E-state index in [9.17, 15) is 0 Å². The van der Waals surface area contributed by atoms with E-state index < -0.39 is 0 Å². The summed E-state index contributed by atoms with van der Waals surface area (Å²) in [5.74, 6) is 0. The lowest BCUT2D eigenvalue weighted by Crippen LogP contribution is -2.52. The molecule has 4 nitrogen and oxygen atoms in total. The van der Waals surface area contributed by atoms with E-state index in [0.29, 0.717) is 0 Å². The molecule has 1 aromatic rings. The molecule has 0 atom stereocenters. The minimum atomic E-state index is 0.266. The Kier molecular flexibility index (Phi) is 4.18. The highest BCUT2D eigenvalue weighted by Crippen LogP contribution is 2.34. The first kappa shape index (κ1) is 12.6. The fraction of sp³-hybridized carbons (Fsp3) is 0.769. The fourth-order valence-corrected chi connectivity index (χ4v) is 3.07. The van der Waals surface area contributed by atoms with Crippen molar-refractivity contribution in [3.8, 4) is 0 Å². The summed E-state index contributed by atoms with van der Waals surface area (Å²) in [6, 6.07) is 1.98. The van der Waals surface area contributed by atoms with Gasteiger partial charge >= 0.3 is 0 Å². The van der Waals surface area contributed by atoms with E-state index in [1.165, 1.54) is 25.7 Å². The van der Waals surface area contributed by atoms with Gasteiger partial charge in [0.25, 0.3) is 0 Å². The van der Waals surface area contributed by atoms with Crippen molar-refractivity contribution in [2.24, 2.45) is 5.73 Å². The summed E-state index contributed by atoms with van der Waals surface area (Å²) >= 11 is 0. The molecule has 0 aliphatic heterocycles. The second-order valence-corrected chi connectivity index (χ2v) is 4.98. The molecular formula is C13H24N4. The topological polar surface area (TPSA) is 47.1 Å². The molecule has 2 rings (SSSR count). The number of nitrogens with two attached hydrogens (primary N) is 1. The van der Waals surface area contributed by atoms with Gasteiger partial charge in [0.1, 0.15) is 0 Å². The SMILES string of the molecule is CCN(CCn1cccn1)C1(CN)CCCC1. The van der Waals surface area contributed by atoms with Crippen molar-refractivity contribution in [2.45, 2.75) is 44.7 Å². The minimum absolute atomic E-state index is 0.266. The van der Waals surface area contributed by atoms with Crippen LogP contribution in [0, 0.1) is 0 Å². The van der Waals surface area contributed by atoms with Crippen LogP contribution in [0.2, 0.25) is 0 Å². The minimum Gasteiger partial charge on any atom is -0.329 e. The van der Waals surface area contributed by atoms with Crippen molar-refractivity contribution in [1.29, 1.82) is 0 Å². The maximum Gasteiger partial charge on any atom is 0.0536 e. The van der Waals surface area contributed by atoms with E-state index in [4.69, 9.17) is 5.73 Å². The Balaban J connectivity index is 1.95. The molecule has 0 aromatic carbocycles. The first-order chi connectivity index (χ1) is 8.30. The highest BCUT2D eigenvalue weighted by atomic mass is 15.3. The zero-order valence-electron chi connectivity index (χ0n) is 10.8. The van der Waals surface area contributed by atoms with Gasteiger partial charge in [0.15, 0.2) is 0 Å². The van der Waals surface area contributed by atoms with Gasteiger partial charge in [-0.1, -0.05) is 19.8 Å². The van der Waals surface area contributed by atoms with Crippen molar-refractivity contribution in [1.82, 2.24) is 14.7 Å². The van der Waals surface area contributed by atoms with Crippen molar-refractivity contribution < 1.29 is 0 Å². The molecule has 1 heterocycles. The molecule has 0 saturated heterocycles. The Morgan fingerprint density at radius 2 is 2.18 bits per heavy atom. The smallest absolute Gasteiger partial charge is 0.0536 e. The van der Waals surface area contributed by atoms with Gasteiger partial charge in [0.2, 0.25) is 0 Å². The predicted octanol–water partition coefficient (Wildman–Crippen LogP) is 1.48. The van der Waals surface area contributed by atoms with Crippen LogP contribution in [0.3, 0.4) is 0 Å². The van der Waals surface area contributed by atoms with Crippen molar-refractivity contribution in [2.75, 3.05) is 19.6 Å². The molecule has 1 saturated carbocycles. The summed E-state index contributed by atoms with van der Waals surface area (Å²) in [7, 11) is 0. The Labute approximate surface area is 104 Å². The number of likely N-dealkylation sites (N-methyl/N-ethyl adjacent to an activating group) is 1. The molecule has 0 bridgehead atoms. The van der Waals surface area contributed by atoms with Gasteiger partial charge < -0.3 is 5.73 Å². The first-order valence-corrected chi connectivity index (χ1v) is 6.73. The molecule has 17 heavy (non-hydrogen) atoms. The van der Waals surface area contributed by atoms with E-state index >= 15 is 0 Å². The van der Waals surface area contributed by atoms with Gasteiger partial charge in [-0.25, -0.2) is 0 Å². The number of hydrogen-bond donors (Lipinski definition) is 1. The first-order valence-electron chi connectivity index (χ1n) is 6.73. The van der Waals surface area contributed by atoms with E-state index in [-0.39, 0.29) is 5.54 Å². The molecule has 0 amide bonds. The molecule has 0 spiro atoms. The van der Waals surface area contributed by atoms with Gasteiger partial charge in [-0.2, -0.15) is 5.10 Å². The summed E-state index contributed by atoms with van der Waals surface area (Å²) in [6.07, 6.45) is 9.04. The Bertz CT molecular complexity index is 314. The molecule has 1 aliphatic carbocycles. The summed E-state index contributed by atoms with van der Waals surface area (Å²) in [5.41, 5.74) is 6.30. The normalized spacial score (nSPS) is 19.0. The van der Waals surface area contributed by atoms with Crippen LogP contribution in [0.25, 0.3) is 0 Å². The summed E-state index contributed by atoms with van der Waals surface area (Å²) in [4.78, 5) is 2.56. The van der Waals surface area contributed by atoms with Gasteiger partial charge in [-0.05, 0) is 25.5 Å². The van der Waals surface area contributed by atoms with E-state index in [1.807, 2.05) is 23.1 Å². The number of hydrogen-bond acceptors (Lipinski definition) is 3. The Morgan fingerprint density at radius 3 is 2.71 bits per heavy atom. The molecule has 1 aromatic heterocycles. The van der Waals surface area contributed by atoms with Crippen LogP contribution in [0.4, 0.5) is 0 Å². The van der Waals surface area contributed by atoms with Crippen LogP contribution in [-0.4, -0.2) is 39.9 Å². The zero-order chi connectivity index (χ0) is 12.1. The van der Waals surface area contributed by atoms with Gasteiger partial charge in [-0.3, -0.25) is 9.58 Å². The molecule has 2 N–H and O–H groups in total. The third-order valence-corrected chi connectivity index (χ3v) is 4.12. The lowest BCUT2D eigenvalue weighted by atomic mass is 9.95. The lowest BCUT2D eigenvalue weighted by molar-refractivity contribution is 0.0996. The summed E-state index contributed by atoms with van der Waals surface area (Å²) in [5, 5.41) is 4.26. The largest absolute Gasteiger partial charge is 0.329 e. The summed E-state index contributed by atoms with van der Waals surface area (Å²) in [6.45, 7) is 6.12. The summed E-state index contributed by atoms with van der Waals surface area (Å²) < 4.78 is 2.00. The van der Waals surface area contributed by atoms with Crippen LogP contribution >= 0.6 is 0 Å². The van der Waals surface area contributed by atoms with Crippen LogP contribution in [0.1, 0.15) is 32.6 Å². The number of rotatable bonds is 6. The maximum absolute atomic E-state index is 6.03. The fourth-order valence-electron chi connectivity index (χ4n) is 3.07. The zero-order valence-corrected chi connectivity index (χ0v) is 10.8. The average Bonchev–Trinajstić information content (AvgIpc) is 3.00. The van der Waals surface area contributed by atoms with Crippen LogP contribution in [0.15, 0.2) is 18.5 Å². The molecule has 0 radical (unpaired) electrons. The highest BCUT2D eigenvalue weighted by molar-refractivity contribution is 4.95. The predicted molar refractivity (Wildman–Crippen MR) is 69.7 cm³/mol. The monoisotopic (exact) mass is 236 g/mol. The lowest BCUT2D eigenvalue weighted by Gasteiger charge is -2.40. The number of nitrogens with zero attached hydrogens (tertiary/aromatic N) is 3. The molecule has 1 fully saturated rings. The van der Waals surface area contributed by atoms with Crippen molar-refractivity contribution in [3.63, 3.8) is 0 Å². The second kappa shape index (κ2) is 5.65. The van der Waals surface area contributed by atoms with Crippen molar-refractivity contribution >= 4 is 0 Å². The van der Waals surface area contributed by atoms with Crippen LogP contribution in [-0.2, 0) is 6.54 Å². The second-order valence-electron chi connectivity index (χ2n) is 4.98. The third kappa shape index (κ3) is 2.69. The van der Waals surface area contributed by atoms with Crippen LogP contribution < -0.4 is 5.73 Å². The molecular weight excluding hydrogens is 212 g/mol. The number of aromatic nitrogens is 2. The van der Waals surface area contributed by atoms with E-state index in [0.717, 1.165) is 26.2 Å². The van der Waals surface area contributed by atoms with Gasteiger partial charge in [0, 0.05) is 31.0 Å². The van der Waals surface area contributed by atoms with Crippen LogP contribution in [0.5, 0.6) is 0 Å². The third-order valence-electron chi connectivity index (χ3n) is 4.12. The Morgan fingerprint density at radius 1 is 1.41 bits per heavy atom. The maximum atomic E-state index is 6.03. The Hall–Kier alpha value is -0.870. The molecule has 96 valence electrons. The molecule has 0 unspecified atom stereocenters. The van der Waals surface area contributed by atoms with Crippen molar-refractivity contribution in [3.05, 3.63) is 18.5 Å². The van der Waals surface area contributed by atoms with Gasteiger partial charge in [-0.15, -0.1) is 0 Å². The standard InChI is InChI=1S/C13H24N4/c1-2-16(10-11-17-9-5-8-15-17)13(12-14)6-3-4-7-13/h5,8-9H,2-4,6-7,10-12,14H2,1H3. The van der Waals surface area contributed by atoms with E-state index in [1.54, 1.807) is 0 Å². The van der Waals surface area contributed by atoms with E-state index in [2.05, 4.69) is 16.9 Å². The highest BCUT2D eigenvalue weighted by Gasteiger charge is 2.37. The average molecular weight is 236 g/mol. The van der Waals surface area contributed by atoms with Gasteiger partial charge in [0.05, 0.1) is 6.54 Å².